The molecule has 0 radical (unpaired) electrons. The highest BCUT2D eigenvalue weighted by atomic mass is 16.6. The minimum atomic E-state index is -0.853. The van der Waals surface area contributed by atoms with E-state index in [1.807, 2.05) is 0 Å². The number of pyridine rings is 7. The number of hydrogen-bond donors (Lipinski definition) is 1. The molecule has 452 valence electrons. The summed E-state index contributed by atoms with van der Waals surface area (Å²) >= 11 is 0. The van der Waals surface area contributed by atoms with Gasteiger partial charge in [0.05, 0.1) is 87.0 Å². The van der Waals surface area contributed by atoms with Gasteiger partial charge in [-0.05, 0) is 104 Å². The van der Waals surface area contributed by atoms with Crippen LogP contribution in [0.2, 0.25) is 0 Å². The second-order valence-corrected chi connectivity index (χ2v) is 17.9. The van der Waals surface area contributed by atoms with Crippen LogP contribution in [0.15, 0.2) is 89.7 Å². The summed E-state index contributed by atoms with van der Waals surface area (Å²) in [6.07, 6.45) is 0. The second kappa shape index (κ2) is 30.1. The van der Waals surface area contributed by atoms with E-state index in [4.69, 9.17) is 57.3 Å². The van der Waals surface area contributed by atoms with E-state index < -0.39 is 53.2 Å². The molecule has 26 heteroatoms. The molecule has 0 atom stereocenters. The van der Waals surface area contributed by atoms with Gasteiger partial charge in [0.1, 0.15) is 70.3 Å². The lowest BCUT2D eigenvalue weighted by Gasteiger charge is -2.15. The first-order chi connectivity index (χ1) is 41.9. The fourth-order valence-corrected chi connectivity index (χ4v) is 8.10. The van der Waals surface area contributed by atoms with Crippen molar-refractivity contribution in [2.24, 2.45) is 0 Å². The SMILES string of the molecule is CCOC(=O)c1cc(-c2cc(OCc3cc(=O)cc(COc4cc(-c5cc(C(=O)OCC)nc(C(=O)OCC)c5)nc(-c5cc(C(=O)OCC)nc(C(=O)OCC)c5)c4)[nH]3)cc(-c3cc(C(=O)OCC)nc(C(=O)OCC)c3)n2)cc(C(=O)OCC)n1. The third-order valence-electron chi connectivity index (χ3n) is 11.7. The van der Waals surface area contributed by atoms with Gasteiger partial charge in [-0.25, -0.2) is 68.3 Å². The fraction of sp³-hybridized carbons (Fsp3) is 0.295. The van der Waals surface area contributed by atoms with Crippen LogP contribution in [0.1, 0.15) is 151 Å². The monoisotopic (exact) mass is 1190 g/mol. The zero-order valence-corrected chi connectivity index (χ0v) is 48.6. The van der Waals surface area contributed by atoms with Crippen molar-refractivity contribution in [1.82, 2.24) is 34.9 Å². The number of aromatic nitrogens is 7. The first-order valence-electron chi connectivity index (χ1n) is 27.4. The maximum absolute atomic E-state index is 13.5. The van der Waals surface area contributed by atoms with Crippen molar-refractivity contribution < 1.29 is 85.7 Å². The molecule has 1 N–H and O–H groups in total. The predicted molar refractivity (Wildman–Crippen MR) is 305 cm³/mol. The summed E-state index contributed by atoms with van der Waals surface area (Å²) in [6.45, 7) is 12.0. The highest BCUT2D eigenvalue weighted by molar-refractivity contribution is 5.97. The van der Waals surface area contributed by atoms with Crippen LogP contribution in [0.4, 0.5) is 0 Å². The summed E-state index contributed by atoms with van der Waals surface area (Å²) in [7, 11) is 0. The molecule has 7 heterocycles. The maximum Gasteiger partial charge on any atom is 0.356 e. The zero-order valence-electron chi connectivity index (χ0n) is 48.6. The molecule has 0 spiro atoms. The molecule has 7 rings (SSSR count). The Morgan fingerprint density at radius 2 is 0.494 bits per heavy atom. The van der Waals surface area contributed by atoms with Crippen LogP contribution < -0.4 is 14.9 Å². The Morgan fingerprint density at radius 3 is 0.678 bits per heavy atom. The molecule has 0 fully saturated rings. The highest BCUT2D eigenvalue weighted by Crippen LogP contribution is 2.33. The summed E-state index contributed by atoms with van der Waals surface area (Å²) in [5.41, 5.74) is -1.10. The molecule has 87 heavy (non-hydrogen) atoms. The molecular formula is C61H59N7O19. The van der Waals surface area contributed by atoms with Gasteiger partial charge in [0.25, 0.3) is 0 Å². The largest absolute Gasteiger partial charge is 0.487 e. The molecule has 0 unspecified atom stereocenters. The molecule has 26 nitrogen and oxygen atoms in total. The minimum Gasteiger partial charge on any atom is -0.487 e. The van der Waals surface area contributed by atoms with Gasteiger partial charge in [0.2, 0.25) is 0 Å². The van der Waals surface area contributed by atoms with Crippen LogP contribution in [0.3, 0.4) is 0 Å². The van der Waals surface area contributed by atoms with Crippen molar-refractivity contribution in [2.75, 3.05) is 52.9 Å². The number of ether oxygens (including phenoxy) is 10. The molecule has 0 bridgehead atoms. The van der Waals surface area contributed by atoms with Crippen LogP contribution in [0, 0.1) is 0 Å². The van der Waals surface area contributed by atoms with Gasteiger partial charge in [-0.3, -0.25) is 4.79 Å². The lowest BCUT2D eigenvalue weighted by molar-refractivity contribution is 0.0493. The second-order valence-electron chi connectivity index (χ2n) is 17.9. The van der Waals surface area contributed by atoms with Crippen LogP contribution in [-0.2, 0) is 51.1 Å². The smallest absolute Gasteiger partial charge is 0.356 e. The number of esters is 8. The van der Waals surface area contributed by atoms with Crippen molar-refractivity contribution in [3.05, 3.63) is 152 Å². The quantitative estimate of drug-likeness (QED) is 0.0396. The van der Waals surface area contributed by atoms with E-state index in [0.717, 1.165) is 0 Å². The molecule has 0 amide bonds. The highest BCUT2D eigenvalue weighted by Gasteiger charge is 2.25. The third kappa shape index (κ3) is 16.7. The number of rotatable bonds is 26. The third-order valence-corrected chi connectivity index (χ3v) is 11.7. The number of nitrogens with one attached hydrogen (secondary N) is 1. The summed E-state index contributed by atoms with van der Waals surface area (Å²) in [6, 6.07) is 19.1. The topological polar surface area (TPSA) is 339 Å². The standard InChI is InChI=1S/C61H59N7O19/c1-9-78-54(70)46-17-33(18-47(65-46)55(71)79-10-2)42-27-40(28-43(63-42)34-19-48(56(72)80-11-3)66-49(20-34)57(73)81-12-4)86-31-37-25-39(69)26-38(62-37)32-87-41-29-44(35-21-50(58(74)82-13-5)67-51(22-35)59(75)83-14-6)64-45(30-41)36-23-52(60(76)84-15-7)68-53(24-36)61(77)85-16-8/h17-30H,9-16,31-32H2,1-8H3,(H,62,69). The lowest BCUT2D eigenvalue weighted by atomic mass is 10.1. The minimum absolute atomic E-state index is 0.0133. The van der Waals surface area contributed by atoms with Crippen LogP contribution >= 0.6 is 0 Å². The Balaban J connectivity index is 1.32. The average molecular weight is 1190 g/mol. The van der Waals surface area contributed by atoms with E-state index in [1.165, 1.54) is 84.9 Å². The van der Waals surface area contributed by atoms with E-state index in [-0.39, 0.29) is 180 Å². The molecular weight excluding hydrogens is 1130 g/mol. The van der Waals surface area contributed by atoms with E-state index in [1.54, 1.807) is 55.4 Å². The van der Waals surface area contributed by atoms with Crippen LogP contribution in [0.5, 0.6) is 11.5 Å². The molecule has 0 aliphatic carbocycles. The van der Waals surface area contributed by atoms with Crippen LogP contribution in [0.25, 0.3) is 45.0 Å². The van der Waals surface area contributed by atoms with Crippen molar-refractivity contribution in [2.45, 2.75) is 68.6 Å². The van der Waals surface area contributed by atoms with Crippen molar-refractivity contribution in [3.8, 4) is 56.5 Å². The lowest BCUT2D eigenvalue weighted by Crippen LogP contribution is -2.14. The van der Waals surface area contributed by atoms with Crippen molar-refractivity contribution in [1.29, 1.82) is 0 Å². The number of H-pyrrole nitrogens is 1. The van der Waals surface area contributed by atoms with Crippen molar-refractivity contribution in [3.63, 3.8) is 0 Å². The molecule has 7 aromatic heterocycles. The Labute approximate surface area is 496 Å². The predicted octanol–water partition coefficient (Wildman–Crippen LogP) is 7.98. The normalized spacial score (nSPS) is 10.7. The van der Waals surface area contributed by atoms with Gasteiger partial charge >= 0.3 is 47.8 Å². The van der Waals surface area contributed by atoms with Gasteiger partial charge in [-0.2, -0.15) is 0 Å². The summed E-state index contributed by atoms with van der Waals surface area (Å²) in [5.74, 6) is -6.67. The van der Waals surface area contributed by atoms with Crippen molar-refractivity contribution >= 4 is 47.8 Å². The number of carbonyl (C=O) groups is 8. The maximum atomic E-state index is 13.5. The van der Waals surface area contributed by atoms with E-state index in [2.05, 4.69) is 24.9 Å². The van der Waals surface area contributed by atoms with Crippen LogP contribution in [-0.4, -0.2) is 135 Å². The number of hydrogen-bond acceptors (Lipinski definition) is 25. The molecule has 7 aromatic rings. The Hall–Kier alpha value is -10.8. The van der Waals surface area contributed by atoms with Gasteiger partial charge in [0.15, 0.2) is 5.43 Å². The van der Waals surface area contributed by atoms with E-state index in [0.29, 0.717) is 0 Å². The van der Waals surface area contributed by atoms with E-state index >= 15 is 0 Å². The van der Waals surface area contributed by atoms with Gasteiger partial charge in [-0.1, -0.05) is 0 Å². The molecule has 0 aromatic carbocycles. The first kappa shape index (κ1) is 63.8. The summed E-state index contributed by atoms with van der Waals surface area (Å²) in [4.78, 5) is 148. The molecule has 0 aliphatic heterocycles. The van der Waals surface area contributed by atoms with Gasteiger partial charge < -0.3 is 52.4 Å². The number of carbonyl (C=O) groups excluding carboxylic acids is 8. The Kier molecular flexibility index (Phi) is 22.1. The summed E-state index contributed by atoms with van der Waals surface area (Å²) < 4.78 is 54.4. The van der Waals surface area contributed by atoms with Gasteiger partial charge in [0, 0.05) is 58.7 Å². The zero-order chi connectivity index (χ0) is 62.7. The Morgan fingerprint density at radius 1 is 0.299 bits per heavy atom. The summed E-state index contributed by atoms with van der Waals surface area (Å²) in [5, 5.41) is 0. The van der Waals surface area contributed by atoms with E-state index in [9.17, 15) is 43.2 Å². The fourth-order valence-electron chi connectivity index (χ4n) is 8.10. The number of aromatic amines is 1. The molecule has 0 saturated heterocycles. The Bertz CT molecular complexity index is 3240. The molecule has 0 saturated carbocycles. The average Bonchev–Trinajstić information content (AvgIpc) is 1.75. The van der Waals surface area contributed by atoms with Gasteiger partial charge in [-0.15, -0.1) is 0 Å². The first-order valence-corrected chi connectivity index (χ1v) is 27.4. The molecule has 0 aliphatic rings. The number of nitrogens with zero attached hydrogens (tertiary/aromatic N) is 6.